The van der Waals surface area contributed by atoms with E-state index in [1.807, 2.05) is 0 Å². The summed E-state index contributed by atoms with van der Waals surface area (Å²) in [6.45, 7) is 9.33. The summed E-state index contributed by atoms with van der Waals surface area (Å²) >= 11 is 0. The van der Waals surface area contributed by atoms with Gasteiger partial charge in [-0.1, -0.05) is 6.92 Å². The monoisotopic (exact) mass is 167 g/mol. The minimum Gasteiger partial charge on any atom is -0.298 e. The van der Waals surface area contributed by atoms with Crippen LogP contribution >= 0.6 is 0 Å². The van der Waals surface area contributed by atoms with Crippen molar-refractivity contribution in [1.82, 2.24) is 9.80 Å². The topological polar surface area (TPSA) is 30.3 Å². The van der Waals surface area contributed by atoms with Gasteiger partial charge >= 0.3 is 0 Å². The number of nitriles is 1. The average Bonchev–Trinajstić information content (AvgIpc) is 2.05. The highest BCUT2D eigenvalue weighted by Crippen LogP contribution is 2.07. The van der Waals surface area contributed by atoms with Crippen LogP contribution in [0, 0.1) is 11.3 Å². The molecule has 68 valence electrons. The third-order valence-corrected chi connectivity index (χ3v) is 2.55. The van der Waals surface area contributed by atoms with Crippen LogP contribution in [0.15, 0.2) is 0 Å². The van der Waals surface area contributed by atoms with E-state index in [4.69, 9.17) is 5.26 Å². The second kappa shape index (κ2) is 4.44. The van der Waals surface area contributed by atoms with Crippen molar-refractivity contribution in [3.05, 3.63) is 0 Å². The number of hydrogen-bond donors (Lipinski definition) is 0. The van der Waals surface area contributed by atoms with E-state index in [2.05, 4.69) is 29.7 Å². The van der Waals surface area contributed by atoms with Crippen LogP contribution in [-0.2, 0) is 0 Å². The maximum absolute atomic E-state index is 8.52. The Morgan fingerprint density at radius 3 is 2.75 bits per heavy atom. The van der Waals surface area contributed by atoms with E-state index in [1.165, 1.54) is 0 Å². The standard InChI is InChI=1S/C9H17N3/c1-3-12-7-6-11(5-4-10)8-9(12)2/h9H,3,5-8H2,1-2H3. The first-order valence-corrected chi connectivity index (χ1v) is 4.61. The molecule has 0 bridgehead atoms. The van der Waals surface area contributed by atoms with Crippen LogP contribution in [0.5, 0.6) is 0 Å². The molecule has 0 aromatic heterocycles. The smallest absolute Gasteiger partial charge is 0.0866 e. The highest BCUT2D eigenvalue weighted by Gasteiger charge is 2.21. The number of hydrogen-bond acceptors (Lipinski definition) is 3. The SMILES string of the molecule is CCN1CCN(CC#N)CC1C. The van der Waals surface area contributed by atoms with Crippen molar-refractivity contribution in [1.29, 1.82) is 5.26 Å². The van der Waals surface area contributed by atoms with Crippen LogP contribution in [0.2, 0.25) is 0 Å². The molecule has 0 amide bonds. The molecule has 0 saturated carbocycles. The zero-order valence-corrected chi connectivity index (χ0v) is 7.95. The van der Waals surface area contributed by atoms with Gasteiger partial charge in [0.1, 0.15) is 0 Å². The van der Waals surface area contributed by atoms with E-state index in [1.54, 1.807) is 0 Å². The van der Waals surface area contributed by atoms with Crippen molar-refractivity contribution < 1.29 is 0 Å². The van der Waals surface area contributed by atoms with Crippen molar-refractivity contribution in [2.24, 2.45) is 0 Å². The van der Waals surface area contributed by atoms with Crippen molar-refractivity contribution in [2.75, 3.05) is 32.7 Å². The molecule has 0 aromatic carbocycles. The van der Waals surface area contributed by atoms with Crippen molar-refractivity contribution in [2.45, 2.75) is 19.9 Å². The maximum Gasteiger partial charge on any atom is 0.0866 e. The highest BCUT2D eigenvalue weighted by molar-refractivity contribution is 4.84. The minimum absolute atomic E-state index is 0.585. The molecular weight excluding hydrogens is 150 g/mol. The Hall–Kier alpha value is -0.590. The lowest BCUT2D eigenvalue weighted by molar-refractivity contribution is 0.0971. The van der Waals surface area contributed by atoms with Gasteiger partial charge in [0.2, 0.25) is 0 Å². The fraction of sp³-hybridized carbons (Fsp3) is 0.889. The van der Waals surface area contributed by atoms with E-state index in [0.717, 1.165) is 26.2 Å². The number of rotatable bonds is 2. The van der Waals surface area contributed by atoms with Crippen LogP contribution in [0.1, 0.15) is 13.8 Å². The van der Waals surface area contributed by atoms with E-state index in [-0.39, 0.29) is 0 Å². The van der Waals surface area contributed by atoms with Gasteiger partial charge in [-0.15, -0.1) is 0 Å². The van der Waals surface area contributed by atoms with Crippen molar-refractivity contribution in [3.63, 3.8) is 0 Å². The van der Waals surface area contributed by atoms with Crippen LogP contribution in [-0.4, -0.2) is 48.6 Å². The van der Waals surface area contributed by atoms with Crippen LogP contribution in [0.3, 0.4) is 0 Å². The Balaban J connectivity index is 2.36. The molecule has 1 heterocycles. The second-order valence-corrected chi connectivity index (χ2v) is 3.37. The summed E-state index contributed by atoms with van der Waals surface area (Å²) in [6.07, 6.45) is 0. The predicted octanol–water partition coefficient (Wildman–Crippen LogP) is 0.536. The Bertz CT molecular complexity index is 173. The number of piperazine rings is 1. The van der Waals surface area contributed by atoms with Crippen LogP contribution in [0.25, 0.3) is 0 Å². The van der Waals surface area contributed by atoms with E-state index in [9.17, 15) is 0 Å². The molecule has 1 aliphatic heterocycles. The molecule has 12 heavy (non-hydrogen) atoms. The van der Waals surface area contributed by atoms with Crippen molar-refractivity contribution in [3.8, 4) is 6.07 Å². The predicted molar refractivity (Wildman–Crippen MR) is 48.8 cm³/mol. The summed E-state index contributed by atoms with van der Waals surface area (Å²) in [7, 11) is 0. The summed E-state index contributed by atoms with van der Waals surface area (Å²) < 4.78 is 0. The molecule has 1 saturated heterocycles. The Kier molecular flexibility index (Phi) is 3.51. The molecule has 0 N–H and O–H groups in total. The molecule has 1 rings (SSSR count). The van der Waals surface area contributed by atoms with E-state index < -0.39 is 0 Å². The molecule has 1 aliphatic rings. The summed E-state index contributed by atoms with van der Waals surface area (Å²) in [4.78, 5) is 4.67. The van der Waals surface area contributed by atoms with Gasteiger partial charge in [-0.25, -0.2) is 0 Å². The summed E-state index contributed by atoms with van der Waals surface area (Å²) in [5, 5.41) is 8.52. The minimum atomic E-state index is 0.585. The average molecular weight is 167 g/mol. The maximum atomic E-state index is 8.52. The van der Waals surface area contributed by atoms with Crippen molar-refractivity contribution >= 4 is 0 Å². The summed E-state index contributed by atoms with van der Waals surface area (Å²) in [6, 6.07) is 2.81. The molecule has 3 nitrogen and oxygen atoms in total. The zero-order chi connectivity index (χ0) is 8.97. The summed E-state index contributed by atoms with van der Waals surface area (Å²) in [5.41, 5.74) is 0. The fourth-order valence-electron chi connectivity index (χ4n) is 1.78. The highest BCUT2D eigenvalue weighted by atomic mass is 15.3. The number of likely N-dealkylation sites (N-methyl/N-ethyl adjacent to an activating group) is 1. The van der Waals surface area contributed by atoms with Crippen LogP contribution < -0.4 is 0 Å². The van der Waals surface area contributed by atoms with Gasteiger partial charge < -0.3 is 0 Å². The molecule has 0 spiro atoms. The third-order valence-electron chi connectivity index (χ3n) is 2.55. The normalized spacial score (nSPS) is 26.9. The first-order chi connectivity index (χ1) is 5.77. The lowest BCUT2D eigenvalue weighted by Gasteiger charge is -2.38. The zero-order valence-electron chi connectivity index (χ0n) is 7.95. The lowest BCUT2D eigenvalue weighted by atomic mass is 10.2. The fourth-order valence-corrected chi connectivity index (χ4v) is 1.78. The first kappa shape index (κ1) is 9.50. The van der Waals surface area contributed by atoms with E-state index >= 15 is 0 Å². The largest absolute Gasteiger partial charge is 0.298 e. The molecule has 1 atom stereocenters. The Morgan fingerprint density at radius 1 is 1.50 bits per heavy atom. The molecule has 0 radical (unpaired) electrons. The molecule has 1 fully saturated rings. The Morgan fingerprint density at radius 2 is 2.25 bits per heavy atom. The molecule has 0 aromatic rings. The summed E-state index contributed by atoms with van der Waals surface area (Å²) in [5.74, 6) is 0. The first-order valence-electron chi connectivity index (χ1n) is 4.61. The van der Waals surface area contributed by atoms with Gasteiger partial charge in [0.05, 0.1) is 12.6 Å². The lowest BCUT2D eigenvalue weighted by Crippen LogP contribution is -2.51. The molecule has 3 heteroatoms. The molecule has 0 aliphatic carbocycles. The van der Waals surface area contributed by atoms with Gasteiger partial charge in [0, 0.05) is 25.7 Å². The number of nitrogens with zero attached hydrogens (tertiary/aromatic N) is 3. The quantitative estimate of drug-likeness (QED) is 0.562. The van der Waals surface area contributed by atoms with Crippen LogP contribution in [0.4, 0.5) is 0 Å². The van der Waals surface area contributed by atoms with Gasteiger partial charge in [-0.2, -0.15) is 5.26 Å². The third kappa shape index (κ3) is 2.20. The van der Waals surface area contributed by atoms with Gasteiger partial charge in [0.15, 0.2) is 0 Å². The van der Waals surface area contributed by atoms with Gasteiger partial charge in [-0.3, -0.25) is 9.80 Å². The molecular formula is C9H17N3. The molecule has 1 unspecified atom stereocenters. The Labute approximate surface area is 74.6 Å². The van der Waals surface area contributed by atoms with Gasteiger partial charge in [-0.05, 0) is 13.5 Å². The second-order valence-electron chi connectivity index (χ2n) is 3.37. The van der Waals surface area contributed by atoms with Gasteiger partial charge in [0.25, 0.3) is 0 Å². The van der Waals surface area contributed by atoms with E-state index in [0.29, 0.717) is 12.6 Å².